The summed E-state index contributed by atoms with van der Waals surface area (Å²) < 4.78 is 11.4. The molecule has 1 aromatic rings. The van der Waals surface area contributed by atoms with Crippen LogP contribution in [-0.2, 0) is 10.8 Å². The molecule has 0 amide bonds. The standard InChI is InChI=1S/C9H10Cl2OS/c1-3-13(12)7-4-8(10)6(2)9(11)5-7/h4-5H,3H2,1-2H3. The van der Waals surface area contributed by atoms with Crippen LogP contribution in [0.2, 0.25) is 10.0 Å². The molecule has 1 rings (SSSR count). The number of halogens is 2. The molecule has 1 atom stereocenters. The predicted molar refractivity (Wildman–Crippen MR) is 58.1 cm³/mol. The van der Waals surface area contributed by atoms with Crippen molar-refractivity contribution in [3.63, 3.8) is 0 Å². The fraction of sp³-hybridized carbons (Fsp3) is 0.333. The van der Waals surface area contributed by atoms with Gasteiger partial charge < -0.3 is 0 Å². The highest BCUT2D eigenvalue weighted by molar-refractivity contribution is 7.85. The van der Waals surface area contributed by atoms with Gasteiger partial charge in [-0.2, -0.15) is 0 Å². The molecule has 1 aromatic carbocycles. The minimum Gasteiger partial charge on any atom is -0.254 e. The summed E-state index contributed by atoms with van der Waals surface area (Å²) in [6, 6.07) is 3.42. The van der Waals surface area contributed by atoms with Crippen LogP contribution >= 0.6 is 23.2 Å². The third-order valence-corrected chi connectivity index (χ3v) is 3.85. The molecule has 4 heteroatoms. The lowest BCUT2D eigenvalue weighted by Crippen LogP contribution is -1.94. The molecular weight excluding hydrogens is 227 g/mol. The average Bonchev–Trinajstić information content (AvgIpc) is 2.12. The molecule has 0 bridgehead atoms. The summed E-state index contributed by atoms with van der Waals surface area (Å²) in [4.78, 5) is 0.697. The van der Waals surface area contributed by atoms with Crippen molar-refractivity contribution in [3.05, 3.63) is 27.7 Å². The Morgan fingerprint density at radius 2 is 1.77 bits per heavy atom. The van der Waals surface area contributed by atoms with Gasteiger partial charge in [-0.15, -0.1) is 0 Å². The Labute approximate surface area is 90.5 Å². The van der Waals surface area contributed by atoms with E-state index in [1.165, 1.54) is 0 Å². The molecule has 0 fully saturated rings. The van der Waals surface area contributed by atoms with E-state index in [2.05, 4.69) is 0 Å². The van der Waals surface area contributed by atoms with E-state index in [1.54, 1.807) is 12.1 Å². The zero-order valence-electron chi connectivity index (χ0n) is 7.43. The molecule has 0 aliphatic carbocycles. The van der Waals surface area contributed by atoms with Crippen LogP contribution in [0.4, 0.5) is 0 Å². The minimum atomic E-state index is -0.988. The fourth-order valence-electron chi connectivity index (χ4n) is 0.920. The van der Waals surface area contributed by atoms with Crippen LogP contribution < -0.4 is 0 Å². The lowest BCUT2D eigenvalue weighted by Gasteiger charge is -2.04. The Morgan fingerprint density at radius 1 is 1.31 bits per heavy atom. The van der Waals surface area contributed by atoms with E-state index < -0.39 is 10.8 Å². The van der Waals surface area contributed by atoms with Crippen molar-refractivity contribution in [1.29, 1.82) is 0 Å². The summed E-state index contributed by atoms with van der Waals surface area (Å²) in [5.41, 5.74) is 0.834. The van der Waals surface area contributed by atoms with Crippen molar-refractivity contribution in [2.75, 3.05) is 5.75 Å². The predicted octanol–water partition coefficient (Wildman–Crippen LogP) is 3.43. The normalized spacial score (nSPS) is 12.9. The largest absolute Gasteiger partial charge is 0.254 e. The molecule has 72 valence electrons. The number of rotatable bonds is 2. The third kappa shape index (κ3) is 2.46. The average molecular weight is 237 g/mol. The molecule has 1 nitrogen and oxygen atoms in total. The van der Waals surface area contributed by atoms with Crippen molar-refractivity contribution < 1.29 is 4.21 Å². The van der Waals surface area contributed by atoms with Gasteiger partial charge in [-0.25, -0.2) is 0 Å². The number of hydrogen-bond acceptors (Lipinski definition) is 1. The maximum absolute atomic E-state index is 11.4. The molecule has 0 spiro atoms. The molecule has 13 heavy (non-hydrogen) atoms. The van der Waals surface area contributed by atoms with Gasteiger partial charge in [0.25, 0.3) is 0 Å². The summed E-state index contributed by atoms with van der Waals surface area (Å²) in [7, 11) is -0.988. The van der Waals surface area contributed by atoms with Crippen LogP contribution in [0, 0.1) is 6.92 Å². The molecule has 1 unspecified atom stereocenters. The second kappa shape index (κ2) is 4.45. The van der Waals surface area contributed by atoms with Crippen LogP contribution in [0.25, 0.3) is 0 Å². The van der Waals surface area contributed by atoms with Gasteiger partial charge in [0.2, 0.25) is 0 Å². The first-order valence-electron chi connectivity index (χ1n) is 3.90. The highest BCUT2D eigenvalue weighted by Gasteiger charge is 2.07. The van der Waals surface area contributed by atoms with E-state index in [0.717, 1.165) is 5.56 Å². The number of benzene rings is 1. The van der Waals surface area contributed by atoms with Crippen molar-refractivity contribution >= 4 is 34.0 Å². The van der Waals surface area contributed by atoms with Crippen molar-refractivity contribution in [2.45, 2.75) is 18.7 Å². The van der Waals surface area contributed by atoms with Crippen LogP contribution in [0.3, 0.4) is 0 Å². The zero-order valence-corrected chi connectivity index (χ0v) is 9.76. The van der Waals surface area contributed by atoms with E-state index in [0.29, 0.717) is 20.7 Å². The maximum atomic E-state index is 11.4. The zero-order chi connectivity index (χ0) is 10.0. The summed E-state index contributed by atoms with van der Waals surface area (Å²) in [5.74, 6) is 0.579. The van der Waals surface area contributed by atoms with Gasteiger partial charge in [-0.1, -0.05) is 30.1 Å². The summed E-state index contributed by atoms with van der Waals surface area (Å²) in [6.45, 7) is 3.70. The Balaban J connectivity index is 3.20. The molecular formula is C9H10Cl2OS. The topological polar surface area (TPSA) is 17.1 Å². The minimum absolute atomic E-state index is 0.573. The van der Waals surface area contributed by atoms with E-state index in [4.69, 9.17) is 23.2 Å². The van der Waals surface area contributed by atoms with Gasteiger partial charge in [-0.05, 0) is 24.6 Å². The second-order valence-electron chi connectivity index (χ2n) is 2.65. The summed E-state index contributed by atoms with van der Waals surface area (Å²) in [6.07, 6.45) is 0. The number of hydrogen-bond donors (Lipinski definition) is 0. The molecule has 0 saturated heterocycles. The Morgan fingerprint density at radius 3 is 2.15 bits per heavy atom. The van der Waals surface area contributed by atoms with Crippen molar-refractivity contribution in [2.24, 2.45) is 0 Å². The third-order valence-electron chi connectivity index (χ3n) is 1.78. The van der Waals surface area contributed by atoms with Gasteiger partial charge in [0, 0.05) is 20.7 Å². The Kier molecular flexibility index (Phi) is 3.77. The van der Waals surface area contributed by atoms with Crippen LogP contribution in [0.5, 0.6) is 0 Å². The first-order valence-corrected chi connectivity index (χ1v) is 5.97. The molecule has 0 heterocycles. The smallest absolute Gasteiger partial charge is 0.0527 e. The second-order valence-corrected chi connectivity index (χ2v) is 5.20. The quantitative estimate of drug-likeness (QED) is 0.770. The molecule has 0 aromatic heterocycles. The molecule has 0 saturated carbocycles. The van der Waals surface area contributed by atoms with E-state index >= 15 is 0 Å². The molecule has 0 radical (unpaired) electrons. The van der Waals surface area contributed by atoms with Gasteiger partial charge in [-0.3, -0.25) is 4.21 Å². The molecule has 0 N–H and O–H groups in total. The van der Waals surface area contributed by atoms with Gasteiger partial charge >= 0.3 is 0 Å². The van der Waals surface area contributed by atoms with E-state index in [-0.39, 0.29) is 0 Å². The first kappa shape index (κ1) is 11.0. The SMILES string of the molecule is CCS(=O)c1cc(Cl)c(C)c(Cl)c1. The molecule has 0 aliphatic heterocycles. The lowest BCUT2D eigenvalue weighted by molar-refractivity contribution is 0.684. The van der Waals surface area contributed by atoms with Gasteiger partial charge in [0.05, 0.1) is 10.8 Å². The highest BCUT2D eigenvalue weighted by Crippen LogP contribution is 2.26. The van der Waals surface area contributed by atoms with Gasteiger partial charge in [0.15, 0.2) is 0 Å². The highest BCUT2D eigenvalue weighted by atomic mass is 35.5. The fourth-order valence-corrected chi connectivity index (χ4v) is 2.37. The van der Waals surface area contributed by atoms with Crippen LogP contribution in [-0.4, -0.2) is 9.96 Å². The lowest BCUT2D eigenvalue weighted by atomic mass is 10.2. The summed E-state index contributed by atoms with van der Waals surface area (Å²) in [5, 5.41) is 1.15. The van der Waals surface area contributed by atoms with Gasteiger partial charge in [0.1, 0.15) is 0 Å². The Hall–Kier alpha value is -0.0500. The van der Waals surface area contributed by atoms with Crippen molar-refractivity contribution in [3.8, 4) is 0 Å². The summed E-state index contributed by atoms with van der Waals surface area (Å²) >= 11 is 11.8. The Bertz CT molecular complexity index is 326. The van der Waals surface area contributed by atoms with E-state index in [1.807, 2.05) is 13.8 Å². The maximum Gasteiger partial charge on any atom is 0.0527 e. The van der Waals surface area contributed by atoms with E-state index in [9.17, 15) is 4.21 Å². The van der Waals surface area contributed by atoms with Crippen LogP contribution in [0.15, 0.2) is 17.0 Å². The monoisotopic (exact) mass is 236 g/mol. The van der Waals surface area contributed by atoms with Crippen molar-refractivity contribution in [1.82, 2.24) is 0 Å². The molecule has 0 aliphatic rings. The first-order chi connectivity index (χ1) is 6.06. The van der Waals surface area contributed by atoms with Crippen LogP contribution in [0.1, 0.15) is 12.5 Å².